The van der Waals surface area contributed by atoms with E-state index in [1.54, 1.807) is 36.8 Å². The lowest BCUT2D eigenvalue weighted by molar-refractivity contribution is -0.120. The van der Waals surface area contributed by atoms with Crippen LogP contribution in [0.4, 0.5) is 5.13 Å². The van der Waals surface area contributed by atoms with Crippen molar-refractivity contribution < 1.29 is 14.3 Å². The van der Waals surface area contributed by atoms with Gasteiger partial charge in [-0.25, -0.2) is 4.98 Å². The van der Waals surface area contributed by atoms with E-state index in [0.717, 1.165) is 0 Å². The molecule has 23 heavy (non-hydrogen) atoms. The van der Waals surface area contributed by atoms with Gasteiger partial charge < -0.3 is 10.1 Å². The average Bonchev–Trinajstić information content (AvgIpc) is 2.95. The third kappa shape index (κ3) is 5.63. The van der Waals surface area contributed by atoms with Gasteiger partial charge in [-0.05, 0) is 24.3 Å². The molecule has 0 saturated heterocycles. The van der Waals surface area contributed by atoms with E-state index in [-0.39, 0.29) is 18.2 Å². The van der Waals surface area contributed by atoms with Crippen LogP contribution in [0.1, 0.15) is 16.1 Å². The molecule has 0 aliphatic heterocycles. The molecule has 1 aromatic carbocycles. The van der Waals surface area contributed by atoms with Gasteiger partial charge in [0, 0.05) is 29.6 Å². The van der Waals surface area contributed by atoms with Crippen molar-refractivity contribution in [3.8, 4) is 0 Å². The molecule has 1 aromatic heterocycles. The lowest BCUT2D eigenvalue weighted by Crippen LogP contribution is -2.28. The number of halogens is 1. The van der Waals surface area contributed by atoms with Crippen molar-refractivity contribution in [2.75, 3.05) is 25.6 Å². The summed E-state index contributed by atoms with van der Waals surface area (Å²) in [6.45, 7) is 0.921. The highest BCUT2D eigenvalue weighted by Crippen LogP contribution is 2.17. The van der Waals surface area contributed by atoms with Gasteiger partial charge in [0.05, 0.1) is 18.7 Å². The quantitative estimate of drug-likeness (QED) is 0.749. The fourth-order valence-electron chi connectivity index (χ4n) is 1.74. The number of hydrogen-bond acceptors (Lipinski definition) is 5. The molecule has 122 valence electrons. The zero-order chi connectivity index (χ0) is 16.7. The molecule has 2 N–H and O–H groups in total. The topological polar surface area (TPSA) is 80.3 Å². The van der Waals surface area contributed by atoms with E-state index < -0.39 is 0 Å². The Morgan fingerprint density at radius 2 is 2.04 bits per heavy atom. The molecule has 2 aromatic rings. The molecule has 0 spiro atoms. The number of carbonyl (C=O) groups is 2. The average molecular weight is 354 g/mol. The van der Waals surface area contributed by atoms with Gasteiger partial charge in [-0.3, -0.25) is 14.9 Å². The largest absolute Gasteiger partial charge is 0.383 e. The van der Waals surface area contributed by atoms with E-state index in [1.165, 1.54) is 11.3 Å². The van der Waals surface area contributed by atoms with Crippen LogP contribution in [0.25, 0.3) is 0 Å². The summed E-state index contributed by atoms with van der Waals surface area (Å²) in [5.41, 5.74) is 1.10. The maximum Gasteiger partial charge on any atom is 0.257 e. The maximum absolute atomic E-state index is 12.1. The van der Waals surface area contributed by atoms with Gasteiger partial charge in [0.15, 0.2) is 5.13 Å². The number of nitrogens with one attached hydrogen (secondary N) is 2. The van der Waals surface area contributed by atoms with E-state index in [0.29, 0.717) is 34.6 Å². The van der Waals surface area contributed by atoms with E-state index in [9.17, 15) is 9.59 Å². The molecule has 6 nitrogen and oxygen atoms in total. The summed E-state index contributed by atoms with van der Waals surface area (Å²) >= 11 is 7.06. The first kappa shape index (κ1) is 17.4. The van der Waals surface area contributed by atoms with Gasteiger partial charge in [-0.15, -0.1) is 11.3 Å². The van der Waals surface area contributed by atoms with Crippen LogP contribution in [-0.4, -0.2) is 37.1 Å². The number of carbonyl (C=O) groups excluding carboxylic acids is 2. The Morgan fingerprint density at radius 3 is 2.74 bits per heavy atom. The van der Waals surface area contributed by atoms with E-state index in [1.807, 2.05) is 0 Å². The van der Waals surface area contributed by atoms with Crippen LogP contribution in [0.15, 0.2) is 29.6 Å². The van der Waals surface area contributed by atoms with E-state index >= 15 is 0 Å². The molecule has 0 saturated carbocycles. The fraction of sp³-hybridized carbons (Fsp3) is 0.267. The van der Waals surface area contributed by atoms with Crippen LogP contribution in [-0.2, 0) is 16.0 Å². The number of methoxy groups -OCH3 is 1. The molecule has 0 fully saturated rings. The van der Waals surface area contributed by atoms with Gasteiger partial charge in [0.25, 0.3) is 5.91 Å². The van der Waals surface area contributed by atoms with Gasteiger partial charge in [-0.2, -0.15) is 0 Å². The molecule has 0 unspecified atom stereocenters. The van der Waals surface area contributed by atoms with Crippen molar-refractivity contribution in [2.45, 2.75) is 6.42 Å². The number of benzene rings is 1. The third-order valence-corrected chi connectivity index (χ3v) is 3.91. The van der Waals surface area contributed by atoms with Crippen LogP contribution in [0.2, 0.25) is 5.02 Å². The number of aromatic nitrogens is 1. The molecule has 0 aliphatic carbocycles. The lowest BCUT2D eigenvalue weighted by atomic mass is 10.2. The Kier molecular flexibility index (Phi) is 6.52. The maximum atomic E-state index is 12.1. The van der Waals surface area contributed by atoms with Crippen molar-refractivity contribution in [1.29, 1.82) is 0 Å². The molecular weight excluding hydrogens is 338 g/mol. The predicted octanol–water partition coefficient (Wildman–Crippen LogP) is 2.35. The van der Waals surface area contributed by atoms with Crippen LogP contribution in [0, 0.1) is 0 Å². The van der Waals surface area contributed by atoms with Gasteiger partial charge >= 0.3 is 0 Å². The second kappa shape index (κ2) is 8.61. The van der Waals surface area contributed by atoms with Gasteiger partial charge in [-0.1, -0.05) is 11.6 Å². The van der Waals surface area contributed by atoms with Crippen LogP contribution in [0.3, 0.4) is 0 Å². The minimum absolute atomic E-state index is 0.136. The first-order chi connectivity index (χ1) is 11.1. The molecule has 0 bridgehead atoms. The number of anilines is 1. The number of rotatable bonds is 7. The zero-order valence-corrected chi connectivity index (χ0v) is 14.0. The number of nitrogens with zero attached hydrogens (tertiary/aromatic N) is 1. The Balaban J connectivity index is 1.88. The lowest BCUT2D eigenvalue weighted by Gasteiger charge is -2.03. The second-order valence-electron chi connectivity index (χ2n) is 4.62. The standard InChI is InChI=1S/C15H16ClN3O3S/c1-22-7-6-17-13(20)8-12-9-23-15(18-12)19-14(21)10-2-4-11(16)5-3-10/h2-5,9H,6-8H2,1H3,(H,17,20)(H,18,19,21). The molecule has 2 rings (SSSR count). The monoisotopic (exact) mass is 353 g/mol. The Morgan fingerprint density at radius 1 is 1.30 bits per heavy atom. The van der Waals surface area contributed by atoms with E-state index in [2.05, 4.69) is 15.6 Å². The number of ether oxygens (including phenoxy) is 1. The molecule has 2 amide bonds. The molecular formula is C15H16ClN3O3S. The molecule has 0 atom stereocenters. The van der Waals surface area contributed by atoms with Crippen molar-refractivity contribution in [1.82, 2.24) is 10.3 Å². The van der Waals surface area contributed by atoms with Crippen molar-refractivity contribution in [3.63, 3.8) is 0 Å². The van der Waals surface area contributed by atoms with Crippen LogP contribution in [0.5, 0.6) is 0 Å². The smallest absolute Gasteiger partial charge is 0.257 e. The third-order valence-electron chi connectivity index (χ3n) is 2.85. The Labute approximate surface area is 142 Å². The summed E-state index contributed by atoms with van der Waals surface area (Å²) < 4.78 is 4.86. The fourth-order valence-corrected chi connectivity index (χ4v) is 2.57. The summed E-state index contributed by atoms with van der Waals surface area (Å²) in [6, 6.07) is 6.56. The summed E-state index contributed by atoms with van der Waals surface area (Å²) in [5.74, 6) is -0.407. The SMILES string of the molecule is COCCNC(=O)Cc1csc(NC(=O)c2ccc(Cl)cc2)n1. The van der Waals surface area contributed by atoms with E-state index in [4.69, 9.17) is 16.3 Å². The molecule has 1 heterocycles. The highest BCUT2D eigenvalue weighted by Gasteiger charge is 2.11. The number of thiazole rings is 1. The number of hydrogen-bond donors (Lipinski definition) is 2. The highest BCUT2D eigenvalue weighted by atomic mass is 35.5. The second-order valence-corrected chi connectivity index (χ2v) is 5.92. The normalized spacial score (nSPS) is 10.3. The molecule has 0 aliphatic rings. The highest BCUT2D eigenvalue weighted by molar-refractivity contribution is 7.14. The summed E-state index contributed by atoms with van der Waals surface area (Å²) in [5, 5.41) is 8.17. The van der Waals surface area contributed by atoms with Gasteiger partial charge in [0.1, 0.15) is 0 Å². The minimum atomic E-state index is -0.271. The molecule has 8 heteroatoms. The van der Waals surface area contributed by atoms with Crippen LogP contribution >= 0.6 is 22.9 Å². The summed E-state index contributed by atoms with van der Waals surface area (Å²) in [4.78, 5) is 28.0. The van der Waals surface area contributed by atoms with Crippen LogP contribution < -0.4 is 10.6 Å². The van der Waals surface area contributed by atoms with Crippen molar-refractivity contribution >= 4 is 39.9 Å². The Hall–Kier alpha value is -1.96. The first-order valence-corrected chi connectivity index (χ1v) is 8.11. The summed E-state index contributed by atoms with van der Waals surface area (Å²) in [7, 11) is 1.57. The minimum Gasteiger partial charge on any atom is -0.383 e. The Bertz CT molecular complexity index is 673. The van der Waals surface area contributed by atoms with Crippen molar-refractivity contribution in [2.24, 2.45) is 0 Å². The van der Waals surface area contributed by atoms with Crippen molar-refractivity contribution in [3.05, 3.63) is 45.9 Å². The summed E-state index contributed by atoms with van der Waals surface area (Å²) in [6.07, 6.45) is 0.164. The van der Waals surface area contributed by atoms with Gasteiger partial charge in [0.2, 0.25) is 5.91 Å². The predicted molar refractivity (Wildman–Crippen MR) is 90.1 cm³/mol. The number of amides is 2. The first-order valence-electron chi connectivity index (χ1n) is 6.85. The zero-order valence-electron chi connectivity index (χ0n) is 12.5. The molecule has 0 radical (unpaired) electrons.